The molecule has 1 aliphatic heterocycles. The number of benzene rings is 1. The monoisotopic (exact) mass is 219 g/mol. The Bertz CT molecular complexity index is 392. The van der Waals surface area contributed by atoms with Gasteiger partial charge in [-0.2, -0.15) is 0 Å². The van der Waals surface area contributed by atoms with E-state index in [0.29, 0.717) is 5.92 Å². The molecule has 1 aromatic carbocycles. The summed E-state index contributed by atoms with van der Waals surface area (Å²) in [4.78, 5) is 12.1. The van der Waals surface area contributed by atoms with Gasteiger partial charge < -0.3 is 5.32 Å². The normalized spacial score (nSPS) is 21.9. The molecule has 16 heavy (non-hydrogen) atoms. The zero-order valence-corrected chi connectivity index (χ0v) is 9.99. The van der Waals surface area contributed by atoms with Crippen LogP contribution in [0.1, 0.15) is 33.7 Å². The topological polar surface area (TPSA) is 29.1 Å². The molecule has 1 heterocycles. The van der Waals surface area contributed by atoms with Crippen molar-refractivity contribution < 1.29 is 6.22 Å². The molecule has 2 nitrogen and oxygen atoms in total. The summed E-state index contributed by atoms with van der Waals surface area (Å²) in [5.41, 5.74) is 2.26. The van der Waals surface area contributed by atoms with E-state index in [-0.39, 0.29) is 13.3 Å². The van der Waals surface area contributed by atoms with E-state index >= 15 is 0 Å². The zero-order chi connectivity index (χ0) is 11.5. The Morgan fingerprint density at radius 2 is 2.25 bits per heavy atom. The van der Waals surface area contributed by atoms with Crippen LogP contribution >= 0.6 is 0 Å². The van der Waals surface area contributed by atoms with Crippen LogP contribution in [0.15, 0.2) is 24.3 Å². The summed E-state index contributed by atoms with van der Waals surface area (Å²) in [6.07, 6.45) is 3.04. The minimum Gasteiger partial charge on any atom is -0.326 e. The van der Waals surface area contributed by atoms with Gasteiger partial charge in [-0.1, -0.05) is 38.5 Å². The summed E-state index contributed by atoms with van der Waals surface area (Å²) < 4.78 is 0. The van der Waals surface area contributed by atoms with Crippen molar-refractivity contribution in [1.29, 1.82) is 0 Å². The van der Waals surface area contributed by atoms with Crippen LogP contribution in [0.3, 0.4) is 0 Å². The molecule has 88 valence electrons. The number of para-hydroxylation sites is 1. The van der Waals surface area contributed by atoms with Gasteiger partial charge in [0.05, 0.1) is 0 Å². The van der Waals surface area contributed by atoms with Crippen molar-refractivity contribution in [3.63, 3.8) is 0 Å². The second kappa shape index (κ2) is 4.69. The maximum Gasteiger partial charge on any atom is 0.227 e. The molecule has 0 fully saturated rings. The Balaban J connectivity index is 0.00000144. The third-order valence-electron chi connectivity index (χ3n) is 3.67. The molecule has 0 aliphatic carbocycles. The van der Waals surface area contributed by atoms with Crippen molar-refractivity contribution in [3.8, 4) is 0 Å². The molecular weight excluding hydrogens is 198 g/mol. The molecule has 2 atom stereocenters. The van der Waals surface area contributed by atoms with Crippen LogP contribution in [0.5, 0.6) is 0 Å². The number of hydrogen-bond donors (Lipinski definition) is 1. The van der Waals surface area contributed by atoms with Crippen molar-refractivity contribution in [2.24, 2.45) is 11.8 Å². The fourth-order valence-corrected chi connectivity index (χ4v) is 2.36. The van der Waals surface area contributed by atoms with Gasteiger partial charge in [0.1, 0.15) is 0 Å². The predicted molar refractivity (Wildman–Crippen MR) is 68.5 cm³/mol. The van der Waals surface area contributed by atoms with Crippen LogP contribution in [-0.2, 0) is 11.2 Å². The maximum absolute atomic E-state index is 12.1. The second-order valence-electron chi connectivity index (χ2n) is 4.68. The van der Waals surface area contributed by atoms with Gasteiger partial charge in [0.25, 0.3) is 0 Å². The summed E-state index contributed by atoms with van der Waals surface area (Å²) in [7, 11) is 0. The van der Waals surface area contributed by atoms with Gasteiger partial charge in [0, 0.05) is 13.0 Å². The lowest BCUT2D eigenvalue weighted by atomic mass is 9.87. The summed E-state index contributed by atoms with van der Waals surface area (Å²) in [5, 5.41) is 3.05. The number of carbonyl (C=O) groups excluding carboxylic acids is 1. The van der Waals surface area contributed by atoms with E-state index < -0.39 is 0 Å². The van der Waals surface area contributed by atoms with Gasteiger partial charge in [0.2, 0.25) is 5.91 Å². The number of fused-ring (bicyclic) bond motifs is 1. The number of anilines is 1. The molecule has 1 aromatic rings. The Labute approximate surface area is 98.5 Å². The molecule has 0 bridgehead atoms. The number of hydrogen-bond acceptors (Lipinski definition) is 1. The summed E-state index contributed by atoms with van der Waals surface area (Å²) in [6, 6.07) is 8.11. The third kappa shape index (κ3) is 2.11. The van der Waals surface area contributed by atoms with E-state index in [2.05, 4.69) is 25.2 Å². The lowest BCUT2D eigenvalue weighted by Gasteiger charge is -2.19. The third-order valence-corrected chi connectivity index (χ3v) is 3.67. The first-order chi connectivity index (χ1) is 7.72. The van der Waals surface area contributed by atoms with Crippen molar-refractivity contribution in [2.75, 3.05) is 5.32 Å². The van der Waals surface area contributed by atoms with Crippen molar-refractivity contribution in [1.82, 2.24) is 0 Å². The van der Waals surface area contributed by atoms with Crippen molar-refractivity contribution in [3.05, 3.63) is 29.8 Å². The van der Waals surface area contributed by atoms with Crippen LogP contribution < -0.4 is 5.32 Å². The Hall–Kier alpha value is -1.31. The first kappa shape index (κ1) is 11.2. The molecule has 0 aromatic heterocycles. The largest absolute Gasteiger partial charge is 0.326 e. The van der Waals surface area contributed by atoms with Gasteiger partial charge in [-0.3, -0.25) is 4.79 Å². The molecule has 1 amide bonds. The van der Waals surface area contributed by atoms with Crippen LogP contribution in [0.2, 0.25) is 0 Å². The Kier molecular flexibility index (Phi) is 3.28. The Morgan fingerprint density at radius 1 is 1.50 bits per heavy atom. The Morgan fingerprint density at radius 3 is 3.00 bits per heavy atom. The standard InChI is InChI=1S/C14H19NO.H2/c1-3-10(2)12-9-8-11-6-4-5-7-13(11)15-14(12)16;/h4-7,10,12H,3,8-9H2,1-2H3,(H,15,16);1H. The first-order valence-electron chi connectivity index (χ1n) is 6.11. The van der Waals surface area contributed by atoms with E-state index in [4.69, 9.17) is 0 Å². The summed E-state index contributed by atoms with van der Waals surface area (Å²) >= 11 is 0. The molecule has 0 spiro atoms. The van der Waals surface area contributed by atoms with Crippen molar-refractivity contribution >= 4 is 11.6 Å². The number of amides is 1. The van der Waals surface area contributed by atoms with E-state index in [1.54, 1.807) is 0 Å². The summed E-state index contributed by atoms with van der Waals surface area (Å²) in [6.45, 7) is 4.32. The fourth-order valence-electron chi connectivity index (χ4n) is 2.36. The van der Waals surface area contributed by atoms with E-state index in [0.717, 1.165) is 24.9 Å². The molecule has 2 rings (SSSR count). The molecule has 0 radical (unpaired) electrons. The summed E-state index contributed by atoms with van der Waals surface area (Å²) in [5.74, 6) is 0.825. The van der Waals surface area contributed by atoms with Crippen LogP contribution in [-0.4, -0.2) is 5.91 Å². The van der Waals surface area contributed by atoms with Crippen molar-refractivity contribution in [2.45, 2.75) is 33.1 Å². The van der Waals surface area contributed by atoms with E-state index in [1.165, 1.54) is 5.56 Å². The second-order valence-corrected chi connectivity index (χ2v) is 4.68. The van der Waals surface area contributed by atoms with Gasteiger partial charge >= 0.3 is 0 Å². The highest BCUT2D eigenvalue weighted by molar-refractivity contribution is 5.94. The minimum atomic E-state index is 0. The highest BCUT2D eigenvalue weighted by Crippen LogP contribution is 2.29. The van der Waals surface area contributed by atoms with Crippen LogP contribution in [0.25, 0.3) is 0 Å². The highest BCUT2D eigenvalue weighted by atomic mass is 16.1. The number of nitrogens with one attached hydrogen (secondary N) is 1. The molecule has 2 unspecified atom stereocenters. The SMILES string of the molecule is CCC(C)C1CCc2ccccc2NC1=O.[HH]. The lowest BCUT2D eigenvalue weighted by molar-refractivity contribution is -0.121. The number of carbonyl (C=O) groups is 1. The van der Waals surface area contributed by atoms with Gasteiger partial charge in [0.15, 0.2) is 0 Å². The average molecular weight is 219 g/mol. The maximum atomic E-state index is 12.1. The molecule has 0 saturated carbocycles. The zero-order valence-electron chi connectivity index (χ0n) is 9.99. The van der Waals surface area contributed by atoms with E-state index in [1.807, 2.05) is 18.2 Å². The molecule has 1 aliphatic rings. The van der Waals surface area contributed by atoms with Gasteiger partial charge in [-0.25, -0.2) is 0 Å². The number of aryl methyl sites for hydroxylation is 1. The number of rotatable bonds is 2. The fraction of sp³-hybridized carbons (Fsp3) is 0.500. The average Bonchev–Trinajstić information content (AvgIpc) is 2.46. The predicted octanol–water partition coefficient (Wildman–Crippen LogP) is 3.48. The van der Waals surface area contributed by atoms with E-state index in [9.17, 15) is 4.79 Å². The molecule has 0 saturated heterocycles. The smallest absolute Gasteiger partial charge is 0.227 e. The lowest BCUT2D eigenvalue weighted by Crippen LogP contribution is -2.26. The highest BCUT2D eigenvalue weighted by Gasteiger charge is 2.26. The van der Waals surface area contributed by atoms with Gasteiger partial charge in [-0.05, 0) is 30.4 Å². The molecule has 1 N–H and O–H groups in total. The quantitative estimate of drug-likeness (QED) is 0.810. The minimum absolute atomic E-state index is 0. The molecule has 2 heteroatoms. The first-order valence-corrected chi connectivity index (χ1v) is 6.11. The van der Waals surface area contributed by atoms with Gasteiger partial charge in [-0.15, -0.1) is 0 Å². The molecular formula is C14H21NO. The van der Waals surface area contributed by atoms with Crippen LogP contribution in [0.4, 0.5) is 5.69 Å². The van der Waals surface area contributed by atoms with Crippen LogP contribution in [0, 0.1) is 11.8 Å².